The van der Waals surface area contributed by atoms with Crippen LogP contribution in [0.5, 0.6) is 28.7 Å². The van der Waals surface area contributed by atoms with Crippen LogP contribution in [0.15, 0.2) is 54.6 Å². The zero-order valence-electron chi connectivity index (χ0n) is 20.1. The molecule has 10 heteroatoms. The third kappa shape index (κ3) is 4.83. The molecule has 5 rings (SSSR count). The summed E-state index contributed by atoms with van der Waals surface area (Å²) in [6.07, 6.45) is -3.95. The van der Waals surface area contributed by atoms with Crippen LogP contribution in [0.2, 0.25) is 0 Å². The summed E-state index contributed by atoms with van der Waals surface area (Å²) in [5.41, 5.74) is 1.29. The van der Waals surface area contributed by atoms with Crippen molar-refractivity contribution in [3.05, 3.63) is 76.9 Å². The van der Waals surface area contributed by atoms with E-state index in [9.17, 15) is 18.0 Å². The smallest absolute Gasteiger partial charge is 0.416 e. The van der Waals surface area contributed by atoms with Gasteiger partial charge in [0.1, 0.15) is 12.4 Å². The fourth-order valence-corrected chi connectivity index (χ4v) is 4.58. The molecule has 0 fully saturated rings. The summed E-state index contributed by atoms with van der Waals surface area (Å²) >= 11 is 0. The molecule has 37 heavy (non-hydrogen) atoms. The zero-order valence-corrected chi connectivity index (χ0v) is 20.1. The Hall–Kier alpha value is -4.08. The Balaban J connectivity index is 1.49. The molecule has 1 unspecified atom stereocenters. The zero-order chi connectivity index (χ0) is 26.2. The maximum absolute atomic E-state index is 13.7. The van der Waals surface area contributed by atoms with Gasteiger partial charge in [-0.25, -0.2) is 0 Å². The molecule has 0 saturated carbocycles. The number of amides is 1. The van der Waals surface area contributed by atoms with E-state index >= 15 is 0 Å². The standard InChI is InChI=1S/C27H24F3NO6/c1-33-23-10-16-8-9-31(26(32)17-6-7-22-25(11-17)37-15-36-22)21(20(16)13-24(23)34-2)14-35-19-5-3-4-18(12-19)27(28,29)30/h3-7,10-13,21H,8-9,14-15H2,1-2H3. The topological polar surface area (TPSA) is 66.5 Å². The number of hydrogen-bond acceptors (Lipinski definition) is 6. The minimum atomic E-state index is -4.50. The van der Waals surface area contributed by atoms with E-state index in [0.717, 1.165) is 23.3 Å². The molecule has 0 radical (unpaired) electrons. The van der Waals surface area contributed by atoms with Gasteiger partial charge in [-0.1, -0.05) is 6.07 Å². The van der Waals surface area contributed by atoms with Crippen molar-refractivity contribution in [3.63, 3.8) is 0 Å². The van der Waals surface area contributed by atoms with Crippen LogP contribution in [-0.4, -0.2) is 45.0 Å². The molecule has 7 nitrogen and oxygen atoms in total. The van der Waals surface area contributed by atoms with Crippen LogP contribution in [0.25, 0.3) is 0 Å². The Morgan fingerprint density at radius 3 is 2.51 bits per heavy atom. The van der Waals surface area contributed by atoms with Crippen LogP contribution < -0.4 is 23.7 Å². The van der Waals surface area contributed by atoms with E-state index in [4.69, 9.17) is 23.7 Å². The van der Waals surface area contributed by atoms with E-state index in [-0.39, 0.29) is 25.1 Å². The van der Waals surface area contributed by atoms with Gasteiger partial charge in [-0.3, -0.25) is 4.79 Å². The first-order valence-electron chi connectivity index (χ1n) is 11.5. The number of fused-ring (bicyclic) bond motifs is 2. The molecular formula is C27H24F3NO6. The lowest BCUT2D eigenvalue weighted by molar-refractivity contribution is -0.137. The molecule has 0 N–H and O–H groups in total. The van der Waals surface area contributed by atoms with Crippen molar-refractivity contribution in [1.82, 2.24) is 4.90 Å². The number of carbonyl (C=O) groups excluding carboxylic acids is 1. The SMILES string of the molecule is COc1cc2c(cc1OC)C(COc1cccc(C(F)(F)F)c1)N(C(=O)c1ccc3c(c1)OCO3)CC2. The second-order valence-corrected chi connectivity index (χ2v) is 8.57. The summed E-state index contributed by atoms with van der Waals surface area (Å²) in [4.78, 5) is 15.3. The lowest BCUT2D eigenvalue weighted by atomic mass is 9.91. The number of nitrogens with zero attached hydrogens (tertiary/aromatic N) is 1. The molecule has 3 aromatic rings. The van der Waals surface area contributed by atoms with Crippen molar-refractivity contribution in [2.24, 2.45) is 0 Å². The fourth-order valence-electron chi connectivity index (χ4n) is 4.58. The van der Waals surface area contributed by atoms with Crippen molar-refractivity contribution < 1.29 is 41.7 Å². The van der Waals surface area contributed by atoms with Crippen molar-refractivity contribution >= 4 is 5.91 Å². The van der Waals surface area contributed by atoms with Crippen LogP contribution in [0, 0.1) is 0 Å². The van der Waals surface area contributed by atoms with Crippen molar-refractivity contribution in [3.8, 4) is 28.7 Å². The summed E-state index contributed by atoms with van der Waals surface area (Å²) in [5.74, 6) is 1.85. The van der Waals surface area contributed by atoms with Crippen molar-refractivity contribution in [2.45, 2.75) is 18.6 Å². The van der Waals surface area contributed by atoms with Gasteiger partial charge in [0.2, 0.25) is 6.79 Å². The van der Waals surface area contributed by atoms with Gasteiger partial charge in [0.05, 0.1) is 25.8 Å². The molecule has 0 spiro atoms. The summed E-state index contributed by atoms with van der Waals surface area (Å²) in [6.45, 7) is 0.381. The molecule has 3 aromatic carbocycles. The van der Waals surface area contributed by atoms with Crippen LogP contribution in [0.4, 0.5) is 13.2 Å². The maximum atomic E-state index is 13.7. The van der Waals surface area contributed by atoms with Gasteiger partial charge >= 0.3 is 6.18 Å². The number of alkyl halides is 3. The van der Waals surface area contributed by atoms with Gasteiger partial charge in [0.25, 0.3) is 5.91 Å². The van der Waals surface area contributed by atoms with E-state index in [0.29, 0.717) is 41.5 Å². The second kappa shape index (κ2) is 9.76. The predicted molar refractivity (Wildman–Crippen MR) is 127 cm³/mol. The largest absolute Gasteiger partial charge is 0.493 e. The highest BCUT2D eigenvalue weighted by Gasteiger charge is 2.35. The summed E-state index contributed by atoms with van der Waals surface area (Å²) in [7, 11) is 3.05. The minimum Gasteiger partial charge on any atom is -0.493 e. The van der Waals surface area contributed by atoms with Crippen LogP contribution >= 0.6 is 0 Å². The van der Waals surface area contributed by atoms with Gasteiger partial charge in [0.15, 0.2) is 23.0 Å². The van der Waals surface area contributed by atoms with E-state index in [2.05, 4.69) is 0 Å². The summed E-state index contributed by atoms with van der Waals surface area (Å²) in [5, 5.41) is 0. The number of carbonyl (C=O) groups is 1. The average molecular weight is 515 g/mol. The summed E-state index contributed by atoms with van der Waals surface area (Å²) in [6, 6.07) is 12.7. The highest BCUT2D eigenvalue weighted by molar-refractivity contribution is 5.95. The molecule has 0 aliphatic carbocycles. The Morgan fingerprint density at radius 2 is 1.76 bits per heavy atom. The first kappa shape index (κ1) is 24.6. The number of benzene rings is 3. The normalized spacial score (nSPS) is 16.2. The molecule has 1 amide bonds. The Morgan fingerprint density at radius 1 is 1.00 bits per heavy atom. The quantitative estimate of drug-likeness (QED) is 0.446. The first-order chi connectivity index (χ1) is 17.8. The highest BCUT2D eigenvalue weighted by Crippen LogP contribution is 2.40. The van der Waals surface area contributed by atoms with E-state index in [1.54, 1.807) is 29.2 Å². The molecular weight excluding hydrogens is 491 g/mol. The van der Waals surface area contributed by atoms with E-state index in [1.165, 1.54) is 26.4 Å². The van der Waals surface area contributed by atoms with Gasteiger partial charge in [0, 0.05) is 12.1 Å². The third-order valence-electron chi connectivity index (χ3n) is 6.45. The number of rotatable bonds is 6. The Kier molecular flexibility index (Phi) is 6.49. The van der Waals surface area contributed by atoms with Gasteiger partial charge in [-0.15, -0.1) is 0 Å². The van der Waals surface area contributed by atoms with Crippen LogP contribution in [0.1, 0.15) is 33.1 Å². The summed E-state index contributed by atoms with van der Waals surface area (Å²) < 4.78 is 67.1. The lowest BCUT2D eigenvalue weighted by Crippen LogP contribution is -2.42. The van der Waals surface area contributed by atoms with E-state index < -0.39 is 17.8 Å². The Bertz CT molecular complexity index is 1330. The fraction of sp³-hybridized carbons (Fsp3) is 0.296. The number of halogens is 3. The molecule has 2 aliphatic heterocycles. The lowest BCUT2D eigenvalue weighted by Gasteiger charge is -2.37. The number of methoxy groups -OCH3 is 2. The van der Waals surface area contributed by atoms with Crippen LogP contribution in [0.3, 0.4) is 0 Å². The molecule has 0 bridgehead atoms. The van der Waals surface area contributed by atoms with Gasteiger partial charge in [-0.2, -0.15) is 13.2 Å². The average Bonchev–Trinajstić information content (AvgIpc) is 3.38. The molecule has 0 saturated heterocycles. The number of hydrogen-bond donors (Lipinski definition) is 0. The molecule has 2 aliphatic rings. The second-order valence-electron chi connectivity index (χ2n) is 8.57. The molecule has 1 atom stereocenters. The van der Waals surface area contributed by atoms with Crippen molar-refractivity contribution in [2.75, 3.05) is 34.2 Å². The van der Waals surface area contributed by atoms with Crippen molar-refractivity contribution in [1.29, 1.82) is 0 Å². The van der Waals surface area contributed by atoms with E-state index in [1.807, 2.05) is 6.07 Å². The third-order valence-corrected chi connectivity index (χ3v) is 6.45. The molecule has 194 valence electrons. The predicted octanol–water partition coefficient (Wildman–Crippen LogP) is 5.27. The number of ether oxygens (including phenoxy) is 5. The molecule has 2 heterocycles. The Labute approximate surface area is 211 Å². The maximum Gasteiger partial charge on any atom is 0.416 e. The minimum absolute atomic E-state index is 0.0536. The highest BCUT2D eigenvalue weighted by atomic mass is 19.4. The van der Waals surface area contributed by atoms with Gasteiger partial charge in [-0.05, 0) is 66.1 Å². The van der Waals surface area contributed by atoms with Gasteiger partial charge < -0.3 is 28.6 Å². The molecule has 0 aromatic heterocycles. The monoisotopic (exact) mass is 515 g/mol. The first-order valence-corrected chi connectivity index (χ1v) is 11.5. The van der Waals surface area contributed by atoms with Crippen LogP contribution in [-0.2, 0) is 12.6 Å².